The number of hydrogen-bond donors (Lipinski definition) is 0. The molecule has 0 unspecified atom stereocenters. The van der Waals surface area contributed by atoms with Gasteiger partial charge >= 0.3 is 14.2 Å². The third-order valence-corrected chi connectivity index (χ3v) is 33.2. The van der Waals surface area contributed by atoms with Gasteiger partial charge in [0.15, 0.2) is 0 Å². The van der Waals surface area contributed by atoms with Gasteiger partial charge in [-0.1, -0.05) is 83.1 Å². The third kappa shape index (κ3) is 6.07. The minimum absolute atomic E-state index is 0.469. The molecule has 6 rings (SSSR count). The molecule has 54 heavy (non-hydrogen) atoms. The van der Waals surface area contributed by atoms with E-state index in [-0.39, 0.29) is 0 Å². The van der Waals surface area contributed by atoms with E-state index in [1.807, 2.05) is 22.7 Å². The fourth-order valence-electron chi connectivity index (χ4n) is 11.1. The molecule has 2 aromatic heterocycles. The van der Waals surface area contributed by atoms with Gasteiger partial charge in [-0.2, -0.15) is 0 Å². The van der Waals surface area contributed by atoms with Crippen molar-refractivity contribution in [2.45, 2.75) is 194 Å². The van der Waals surface area contributed by atoms with Crippen molar-refractivity contribution in [2.75, 3.05) is 0 Å². The van der Waals surface area contributed by atoms with Crippen molar-refractivity contribution in [1.82, 2.24) is 0 Å². The lowest BCUT2D eigenvalue weighted by Crippen LogP contribution is -2.54. The Balaban J connectivity index is 1.80. The maximum atomic E-state index is 7.04. The first kappa shape index (κ1) is 42.6. The number of benzene rings is 2. The van der Waals surface area contributed by atoms with E-state index in [9.17, 15) is 0 Å². The first-order valence-electron chi connectivity index (χ1n) is 20.9. The van der Waals surface area contributed by atoms with E-state index in [1.165, 1.54) is 41.9 Å². The fourth-order valence-corrected chi connectivity index (χ4v) is 31.5. The maximum absolute atomic E-state index is 7.04. The second kappa shape index (κ2) is 13.8. The summed E-state index contributed by atoms with van der Waals surface area (Å²) in [4.78, 5) is 0. The number of fused-ring (bicyclic) bond motifs is 3. The highest BCUT2D eigenvalue weighted by Gasteiger charge is 2.56. The molecule has 2 aliphatic rings. The Morgan fingerprint density at radius 3 is 0.889 bits per heavy atom. The van der Waals surface area contributed by atoms with Gasteiger partial charge in [-0.3, -0.25) is 0 Å². The van der Waals surface area contributed by atoms with Crippen molar-refractivity contribution in [3.8, 4) is 0 Å². The Labute approximate surface area is 339 Å². The molecule has 0 N–H and O–H groups in total. The van der Waals surface area contributed by atoms with Crippen LogP contribution in [0.5, 0.6) is 0 Å². The van der Waals surface area contributed by atoms with E-state index in [0.717, 1.165) is 0 Å². The van der Waals surface area contributed by atoms with Crippen molar-refractivity contribution in [2.24, 2.45) is 0 Å². The molecule has 4 aromatic rings. The summed E-state index contributed by atoms with van der Waals surface area (Å²) in [5.74, 6) is 0. The van der Waals surface area contributed by atoms with Crippen LogP contribution in [0.1, 0.15) is 138 Å². The van der Waals surface area contributed by atoms with Crippen LogP contribution in [0.3, 0.4) is 0 Å². The van der Waals surface area contributed by atoms with Crippen LogP contribution < -0.4 is 19.9 Å². The molecule has 0 bridgehead atoms. The summed E-state index contributed by atoms with van der Waals surface area (Å²) in [7, 11) is -4.92. The molecule has 2 fully saturated rings. The average molecular weight is 805 g/mol. The molecule has 0 atom stereocenters. The van der Waals surface area contributed by atoms with E-state index in [4.69, 9.17) is 18.6 Å². The predicted molar refractivity (Wildman–Crippen MR) is 248 cm³/mol. The monoisotopic (exact) mass is 804 g/mol. The smallest absolute Gasteiger partial charge is 0.399 e. The van der Waals surface area contributed by atoms with Crippen LogP contribution in [0, 0.1) is 0 Å². The van der Waals surface area contributed by atoms with Crippen molar-refractivity contribution >= 4 is 104 Å². The summed E-state index contributed by atoms with van der Waals surface area (Å²) in [6.45, 7) is 47.1. The highest BCUT2D eigenvalue weighted by Crippen LogP contribution is 2.47. The van der Waals surface area contributed by atoms with Gasteiger partial charge in [-0.25, -0.2) is 0 Å². The van der Waals surface area contributed by atoms with Crippen LogP contribution in [0.4, 0.5) is 0 Å². The fraction of sp³-hybridized carbons (Fsp3) is 0.682. The second-order valence-electron chi connectivity index (χ2n) is 20.7. The summed E-state index contributed by atoms with van der Waals surface area (Å²) in [5, 5.41) is 4.98. The molecule has 0 amide bonds. The second-order valence-corrected chi connectivity index (χ2v) is 35.3. The van der Waals surface area contributed by atoms with Crippen LogP contribution in [0.25, 0.3) is 30.9 Å². The molecule has 0 saturated carbocycles. The van der Waals surface area contributed by atoms with E-state index >= 15 is 0 Å². The van der Waals surface area contributed by atoms with Gasteiger partial charge < -0.3 is 18.6 Å². The van der Waals surface area contributed by atoms with Gasteiger partial charge in [-0.05, 0) is 143 Å². The lowest BCUT2D eigenvalue weighted by molar-refractivity contribution is 0.00578. The Morgan fingerprint density at radius 1 is 0.426 bits per heavy atom. The Kier molecular flexibility index (Phi) is 10.9. The van der Waals surface area contributed by atoms with Gasteiger partial charge in [0.2, 0.25) is 0 Å². The van der Waals surface area contributed by atoms with Crippen molar-refractivity contribution < 1.29 is 18.6 Å². The zero-order chi connectivity index (χ0) is 40.5. The molecule has 0 radical (unpaired) electrons. The zero-order valence-electron chi connectivity index (χ0n) is 37.4. The first-order valence-corrected chi connectivity index (χ1v) is 27.0. The molecule has 2 aliphatic heterocycles. The van der Waals surface area contributed by atoms with Crippen molar-refractivity contribution in [3.63, 3.8) is 0 Å². The summed E-state index contributed by atoms with van der Waals surface area (Å²) in [6.07, 6.45) is 0. The van der Waals surface area contributed by atoms with Gasteiger partial charge in [0, 0.05) is 20.3 Å². The molecule has 2 saturated heterocycles. The molecule has 0 aliphatic carbocycles. The van der Waals surface area contributed by atoms with Gasteiger partial charge in [0.1, 0.15) is 16.1 Å². The normalized spacial score (nSPS) is 20.3. The lowest BCUT2D eigenvalue weighted by atomic mass is 9.70. The predicted octanol–water partition coefficient (Wildman–Crippen LogP) is 11.6. The molecular formula is C44H70B2O4S2Si2. The Bertz CT molecular complexity index is 1830. The van der Waals surface area contributed by atoms with E-state index in [0.29, 0.717) is 33.2 Å². The van der Waals surface area contributed by atoms with E-state index in [2.05, 4.69) is 163 Å². The van der Waals surface area contributed by atoms with Crippen LogP contribution in [0.2, 0.25) is 33.2 Å². The minimum atomic E-state index is -1.96. The number of rotatable bonds is 10. The SMILES string of the molecule is CC(C)[Si](c1cc2cc3c(B4OC(C)(C)C(C)(C)O4)c4sc([Si](C(C)C)(C(C)C)C(C)C)cc4cc3c(B3OC(C)(C)C(C)(C)O3)c2s1)(C(C)C)C(C)C. The topological polar surface area (TPSA) is 36.9 Å². The maximum Gasteiger partial charge on any atom is 0.496 e. The van der Waals surface area contributed by atoms with Crippen LogP contribution in [0.15, 0.2) is 24.3 Å². The average Bonchev–Trinajstić information content (AvgIpc) is 3.70. The van der Waals surface area contributed by atoms with Crippen LogP contribution >= 0.6 is 22.7 Å². The molecular weight excluding hydrogens is 734 g/mol. The van der Waals surface area contributed by atoms with Crippen molar-refractivity contribution in [1.29, 1.82) is 0 Å². The molecule has 4 nitrogen and oxygen atoms in total. The highest BCUT2D eigenvalue weighted by atomic mass is 32.1. The molecule has 4 heterocycles. The van der Waals surface area contributed by atoms with Gasteiger partial charge in [0.05, 0.1) is 22.4 Å². The summed E-state index contributed by atoms with van der Waals surface area (Å²) in [6, 6.07) is 10.1. The van der Waals surface area contributed by atoms with Crippen molar-refractivity contribution in [3.05, 3.63) is 24.3 Å². The van der Waals surface area contributed by atoms with E-state index < -0.39 is 52.8 Å². The Hall–Kier alpha value is -0.976. The number of hydrogen-bond acceptors (Lipinski definition) is 6. The van der Waals surface area contributed by atoms with Gasteiger partial charge in [0.25, 0.3) is 0 Å². The zero-order valence-corrected chi connectivity index (χ0v) is 41.0. The number of thiophene rings is 2. The summed E-state index contributed by atoms with van der Waals surface area (Å²) in [5.41, 5.74) is 4.11. The third-order valence-electron chi connectivity index (χ3n) is 15.0. The quantitative estimate of drug-likeness (QED) is 0.150. The van der Waals surface area contributed by atoms with E-state index in [1.54, 1.807) is 9.00 Å². The first-order chi connectivity index (χ1) is 24.7. The largest absolute Gasteiger partial charge is 0.496 e. The van der Waals surface area contributed by atoms with Gasteiger partial charge in [-0.15, -0.1) is 22.7 Å². The van der Waals surface area contributed by atoms with Crippen LogP contribution in [-0.4, -0.2) is 52.8 Å². The molecule has 296 valence electrons. The Morgan fingerprint density at radius 2 is 0.667 bits per heavy atom. The molecule has 0 spiro atoms. The summed E-state index contributed by atoms with van der Waals surface area (Å²) >= 11 is 4.06. The van der Waals surface area contributed by atoms with Crippen LogP contribution in [-0.2, 0) is 18.6 Å². The molecule has 10 heteroatoms. The minimum Gasteiger partial charge on any atom is -0.399 e. The highest BCUT2D eigenvalue weighted by molar-refractivity contribution is 7.34. The lowest BCUT2D eigenvalue weighted by Gasteiger charge is -2.42. The summed E-state index contributed by atoms with van der Waals surface area (Å²) < 4.78 is 34.0. The standard InChI is InChI=1S/C44H70B2O4S2Si2/c1-25(2)53(26(3)4,27(5)6)35-23-31-21-33-34(37(39(31)51-35)45-47-41(13,14)42(15,16)48-45)22-32-24-36(54(28(7)8,29(9)10)30(11)12)52-40(32)38(33)46-49-43(17,18)44(19,20)50-46/h21-30H,1-20H3. The molecule has 2 aromatic carbocycles.